The molecule has 0 aromatic heterocycles. The second-order valence-electron chi connectivity index (χ2n) is 5.59. The third-order valence-corrected chi connectivity index (χ3v) is 4.37. The van der Waals surface area contributed by atoms with Gasteiger partial charge < -0.3 is 10.6 Å². The van der Waals surface area contributed by atoms with Gasteiger partial charge in [-0.2, -0.15) is 0 Å². The molecular formula is C17H18ClN3O. The Bertz CT molecular complexity index is 695. The Morgan fingerprint density at radius 3 is 2.45 bits per heavy atom. The summed E-state index contributed by atoms with van der Waals surface area (Å²) in [6.07, 6.45) is 4.18. The van der Waals surface area contributed by atoms with Gasteiger partial charge in [-0.3, -0.25) is 4.79 Å². The van der Waals surface area contributed by atoms with Gasteiger partial charge in [0.1, 0.15) is 5.03 Å². The van der Waals surface area contributed by atoms with Crippen molar-refractivity contribution in [2.75, 3.05) is 18.0 Å². The highest BCUT2D eigenvalue weighted by Crippen LogP contribution is 2.25. The summed E-state index contributed by atoms with van der Waals surface area (Å²) in [5, 5.41) is 0.0486. The second kappa shape index (κ2) is 5.97. The van der Waals surface area contributed by atoms with E-state index in [1.54, 1.807) is 13.0 Å². The lowest BCUT2D eigenvalue weighted by Crippen LogP contribution is -2.20. The number of rotatable bonds is 2. The van der Waals surface area contributed by atoms with Crippen LogP contribution in [0.25, 0.3) is 0 Å². The van der Waals surface area contributed by atoms with E-state index in [9.17, 15) is 4.79 Å². The zero-order valence-corrected chi connectivity index (χ0v) is 13.2. The number of nitrogens with zero attached hydrogens (tertiary/aromatic N) is 2. The molecule has 1 aliphatic carbocycles. The lowest BCUT2D eigenvalue weighted by Gasteiger charge is -2.17. The molecule has 1 fully saturated rings. The first kappa shape index (κ1) is 14.9. The van der Waals surface area contributed by atoms with Gasteiger partial charge in [-0.1, -0.05) is 11.6 Å². The second-order valence-corrected chi connectivity index (χ2v) is 5.97. The number of anilines is 1. The fraction of sp³-hybridized carbons (Fsp3) is 0.294. The van der Waals surface area contributed by atoms with E-state index in [-0.39, 0.29) is 16.5 Å². The summed E-state index contributed by atoms with van der Waals surface area (Å²) < 4.78 is 0. The van der Waals surface area contributed by atoms with Crippen LogP contribution in [-0.2, 0) is 4.79 Å². The predicted octanol–water partition coefficient (Wildman–Crippen LogP) is 3.30. The van der Waals surface area contributed by atoms with Crippen LogP contribution >= 0.6 is 11.6 Å². The minimum Gasteiger partial charge on any atom is -0.396 e. The summed E-state index contributed by atoms with van der Waals surface area (Å²) in [5.41, 5.74) is 9.23. The third kappa shape index (κ3) is 2.79. The van der Waals surface area contributed by atoms with Crippen LogP contribution in [0.5, 0.6) is 0 Å². The van der Waals surface area contributed by atoms with Gasteiger partial charge in [-0.25, -0.2) is 4.99 Å². The normalized spacial score (nSPS) is 20.8. The number of benzene rings is 1. The zero-order chi connectivity index (χ0) is 15.7. The van der Waals surface area contributed by atoms with Crippen molar-refractivity contribution < 1.29 is 4.79 Å². The van der Waals surface area contributed by atoms with E-state index >= 15 is 0 Å². The summed E-state index contributed by atoms with van der Waals surface area (Å²) >= 11 is 5.96. The van der Waals surface area contributed by atoms with Crippen LogP contribution in [0.1, 0.15) is 19.8 Å². The summed E-state index contributed by atoms with van der Waals surface area (Å²) in [7, 11) is 0. The highest BCUT2D eigenvalue weighted by atomic mass is 35.5. The molecule has 1 aromatic rings. The Morgan fingerprint density at radius 2 is 1.82 bits per heavy atom. The van der Waals surface area contributed by atoms with Crippen LogP contribution in [-0.4, -0.2) is 24.6 Å². The molecule has 3 rings (SSSR count). The van der Waals surface area contributed by atoms with Gasteiger partial charge in [0, 0.05) is 24.4 Å². The first-order chi connectivity index (χ1) is 10.6. The van der Waals surface area contributed by atoms with Crippen molar-refractivity contribution in [3.05, 3.63) is 46.6 Å². The standard InChI is InChI=1S/C17H18ClN3O/c1-11-10-14(16(19)15(18)17(11)22)20-12-4-6-13(7-5-12)21-8-2-3-9-21/h4-7,10H,2-3,8-9,19H2,1H3/b20-14-. The molecule has 0 unspecified atom stereocenters. The Hall–Kier alpha value is -2.07. The Balaban J connectivity index is 1.87. The number of carbonyl (C=O) groups is 1. The summed E-state index contributed by atoms with van der Waals surface area (Å²) in [6, 6.07) is 8.05. The molecule has 0 atom stereocenters. The Labute approximate surface area is 135 Å². The maximum absolute atomic E-state index is 11.7. The molecule has 2 aliphatic rings. The fourth-order valence-electron chi connectivity index (χ4n) is 2.70. The maximum Gasteiger partial charge on any atom is 0.202 e. The van der Waals surface area contributed by atoms with Crippen molar-refractivity contribution in [3.8, 4) is 0 Å². The Kier molecular flexibility index (Phi) is 4.03. The van der Waals surface area contributed by atoms with E-state index in [4.69, 9.17) is 17.3 Å². The number of allylic oxidation sites excluding steroid dienone is 3. The van der Waals surface area contributed by atoms with Gasteiger partial charge in [0.2, 0.25) is 5.78 Å². The molecule has 5 heteroatoms. The van der Waals surface area contributed by atoms with Crippen LogP contribution in [0.15, 0.2) is 51.6 Å². The summed E-state index contributed by atoms with van der Waals surface area (Å²) in [5.74, 6) is -0.234. The molecule has 0 spiro atoms. The molecule has 0 bridgehead atoms. The van der Waals surface area contributed by atoms with E-state index in [1.165, 1.54) is 18.5 Å². The minimum absolute atomic E-state index is 0.0486. The minimum atomic E-state index is -0.234. The highest BCUT2D eigenvalue weighted by Gasteiger charge is 2.21. The molecule has 1 aliphatic heterocycles. The van der Waals surface area contributed by atoms with Crippen LogP contribution in [0.3, 0.4) is 0 Å². The van der Waals surface area contributed by atoms with Crippen molar-refractivity contribution in [1.29, 1.82) is 0 Å². The number of ketones is 1. The molecular weight excluding hydrogens is 298 g/mol. The first-order valence-corrected chi connectivity index (χ1v) is 7.76. The van der Waals surface area contributed by atoms with Crippen molar-refractivity contribution >= 4 is 34.5 Å². The van der Waals surface area contributed by atoms with Crippen LogP contribution < -0.4 is 10.6 Å². The van der Waals surface area contributed by atoms with Crippen molar-refractivity contribution in [2.24, 2.45) is 10.7 Å². The number of carbonyl (C=O) groups excluding carboxylic acids is 1. The molecule has 1 saturated heterocycles. The number of hydrogen-bond acceptors (Lipinski definition) is 4. The Morgan fingerprint density at radius 1 is 1.18 bits per heavy atom. The number of nitrogens with two attached hydrogens (primary N) is 1. The van der Waals surface area contributed by atoms with E-state index in [0.29, 0.717) is 11.3 Å². The van der Waals surface area contributed by atoms with E-state index in [2.05, 4.69) is 22.0 Å². The average Bonchev–Trinajstić information content (AvgIpc) is 3.05. The monoisotopic (exact) mass is 315 g/mol. The number of hydrogen-bond donors (Lipinski definition) is 1. The topological polar surface area (TPSA) is 58.7 Å². The smallest absolute Gasteiger partial charge is 0.202 e. The molecule has 0 saturated carbocycles. The molecule has 0 radical (unpaired) electrons. The fourth-order valence-corrected chi connectivity index (χ4v) is 2.95. The van der Waals surface area contributed by atoms with Gasteiger partial charge in [0.25, 0.3) is 0 Å². The van der Waals surface area contributed by atoms with Crippen LogP contribution in [0.2, 0.25) is 0 Å². The number of aliphatic imine (C=N–C) groups is 1. The van der Waals surface area contributed by atoms with Crippen molar-refractivity contribution in [3.63, 3.8) is 0 Å². The van der Waals surface area contributed by atoms with Crippen molar-refractivity contribution in [1.82, 2.24) is 0 Å². The van der Waals surface area contributed by atoms with Gasteiger partial charge >= 0.3 is 0 Å². The quantitative estimate of drug-likeness (QED) is 0.852. The molecule has 22 heavy (non-hydrogen) atoms. The molecule has 114 valence electrons. The molecule has 1 aromatic carbocycles. The largest absolute Gasteiger partial charge is 0.396 e. The lowest BCUT2D eigenvalue weighted by molar-refractivity contribution is -0.111. The van der Waals surface area contributed by atoms with E-state index < -0.39 is 0 Å². The number of halogens is 1. The van der Waals surface area contributed by atoms with E-state index in [0.717, 1.165) is 18.8 Å². The van der Waals surface area contributed by atoms with Gasteiger partial charge in [0.05, 0.1) is 17.1 Å². The van der Waals surface area contributed by atoms with Crippen molar-refractivity contribution in [2.45, 2.75) is 19.8 Å². The van der Waals surface area contributed by atoms with Crippen LogP contribution in [0.4, 0.5) is 11.4 Å². The van der Waals surface area contributed by atoms with Crippen LogP contribution in [0, 0.1) is 0 Å². The van der Waals surface area contributed by atoms with Gasteiger partial charge in [-0.15, -0.1) is 0 Å². The molecule has 1 heterocycles. The number of Topliss-reactive ketones (excluding diaryl/α,β-unsaturated/α-hetero) is 1. The van der Waals surface area contributed by atoms with Gasteiger partial charge in [-0.05, 0) is 50.1 Å². The molecule has 2 N–H and O–H groups in total. The third-order valence-electron chi connectivity index (χ3n) is 3.99. The van der Waals surface area contributed by atoms with Gasteiger partial charge in [0.15, 0.2) is 0 Å². The first-order valence-electron chi connectivity index (χ1n) is 7.38. The highest BCUT2D eigenvalue weighted by molar-refractivity contribution is 6.49. The molecule has 0 amide bonds. The maximum atomic E-state index is 11.7. The summed E-state index contributed by atoms with van der Waals surface area (Å²) in [6.45, 7) is 3.94. The molecule has 4 nitrogen and oxygen atoms in total. The zero-order valence-electron chi connectivity index (χ0n) is 12.5. The average molecular weight is 316 g/mol. The SMILES string of the molecule is CC1=C/C(=N/c2ccc(N3CCCC3)cc2)C(N)=C(Cl)C1=O. The summed E-state index contributed by atoms with van der Waals surface area (Å²) in [4.78, 5) is 18.6. The lowest BCUT2D eigenvalue weighted by atomic mass is 10.0. The van der Waals surface area contributed by atoms with E-state index in [1.807, 2.05) is 12.1 Å². The predicted molar refractivity (Wildman–Crippen MR) is 90.8 cm³/mol.